The van der Waals surface area contributed by atoms with Gasteiger partial charge in [-0.25, -0.2) is 8.42 Å². The Hall–Kier alpha value is -3.36. The molecule has 0 saturated heterocycles. The molecule has 1 saturated carbocycles. The van der Waals surface area contributed by atoms with Gasteiger partial charge in [-0.15, -0.1) is 0 Å². The van der Waals surface area contributed by atoms with E-state index in [0.717, 1.165) is 46.7 Å². The number of carbonyl (C=O) groups is 2. The van der Waals surface area contributed by atoms with Crippen LogP contribution in [0.3, 0.4) is 0 Å². The predicted octanol–water partition coefficient (Wildman–Crippen LogP) is 5.94. The highest BCUT2D eigenvalue weighted by Gasteiger charge is 2.34. The fourth-order valence-corrected chi connectivity index (χ4v) is 6.89. The molecule has 0 aromatic heterocycles. The van der Waals surface area contributed by atoms with Gasteiger partial charge in [0.2, 0.25) is 11.8 Å². The van der Waals surface area contributed by atoms with Crippen LogP contribution in [0.2, 0.25) is 5.02 Å². The van der Waals surface area contributed by atoms with Crippen molar-refractivity contribution in [3.05, 3.63) is 94.0 Å². The van der Waals surface area contributed by atoms with Gasteiger partial charge in [-0.2, -0.15) is 0 Å². The molecular weight excluding hydrogens is 558 g/mol. The molecule has 0 spiro atoms. The monoisotopic (exact) mass is 595 g/mol. The quantitative estimate of drug-likeness (QED) is 0.314. The van der Waals surface area contributed by atoms with Crippen LogP contribution in [0.4, 0.5) is 5.69 Å². The molecule has 7 nitrogen and oxygen atoms in total. The van der Waals surface area contributed by atoms with Crippen molar-refractivity contribution in [2.24, 2.45) is 0 Å². The summed E-state index contributed by atoms with van der Waals surface area (Å²) in [7, 11) is -4.12. The number of carbonyl (C=O) groups excluding carboxylic acids is 2. The van der Waals surface area contributed by atoms with Crippen molar-refractivity contribution < 1.29 is 18.0 Å². The van der Waals surface area contributed by atoms with Gasteiger partial charge < -0.3 is 10.2 Å². The van der Waals surface area contributed by atoms with E-state index < -0.39 is 28.5 Å². The first-order chi connectivity index (χ1) is 19.5. The van der Waals surface area contributed by atoms with Crippen LogP contribution in [-0.4, -0.2) is 43.8 Å². The van der Waals surface area contributed by atoms with Gasteiger partial charge in [-0.05, 0) is 75.9 Å². The maximum Gasteiger partial charge on any atom is 0.264 e. The highest BCUT2D eigenvalue weighted by molar-refractivity contribution is 7.92. The zero-order valence-corrected chi connectivity index (χ0v) is 25.6. The molecule has 2 amide bonds. The second-order valence-electron chi connectivity index (χ2n) is 10.9. The van der Waals surface area contributed by atoms with Crippen LogP contribution in [0.25, 0.3) is 0 Å². The lowest BCUT2D eigenvalue weighted by molar-refractivity contribution is -0.139. The smallest absolute Gasteiger partial charge is 0.264 e. The molecule has 0 bridgehead atoms. The van der Waals surface area contributed by atoms with Gasteiger partial charge >= 0.3 is 0 Å². The number of benzene rings is 3. The maximum atomic E-state index is 14.1. The van der Waals surface area contributed by atoms with Gasteiger partial charge in [0.1, 0.15) is 12.6 Å². The number of rotatable bonds is 10. The number of nitrogens with one attached hydrogen (secondary N) is 1. The van der Waals surface area contributed by atoms with Crippen LogP contribution < -0.4 is 9.62 Å². The molecular formula is C32H38ClN3O4S. The summed E-state index contributed by atoms with van der Waals surface area (Å²) >= 11 is 6.45. The highest BCUT2D eigenvalue weighted by atomic mass is 35.5. The summed E-state index contributed by atoms with van der Waals surface area (Å²) < 4.78 is 29.2. The Kier molecular flexibility index (Phi) is 9.76. The van der Waals surface area contributed by atoms with Gasteiger partial charge in [0.15, 0.2) is 0 Å². The summed E-state index contributed by atoms with van der Waals surface area (Å²) in [6, 6.07) is 18.4. The van der Waals surface area contributed by atoms with Crippen molar-refractivity contribution in [2.75, 3.05) is 10.8 Å². The molecule has 218 valence electrons. The molecule has 3 aromatic carbocycles. The summed E-state index contributed by atoms with van der Waals surface area (Å²) in [4.78, 5) is 29.0. The van der Waals surface area contributed by atoms with E-state index in [9.17, 15) is 18.0 Å². The molecule has 1 aliphatic rings. The largest absolute Gasteiger partial charge is 0.352 e. The lowest BCUT2D eigenvalue weighted by Gasteiger charge is -2.33. The van der Waals surface area contributed by atoms with E-state index in [1.807, 2.05) is 39.0 Å². The summed E-state index contributed by atoms with van der Waals surface area (Å²) in [5.41, 5.74) is 3.69. The molecule has 1 unspecified atom stereocenters. The molecule has 1 N–H and O–H groups in total. The first-order valence-electron chi connectivity index (χ1n) is 14.0. The Morgan fingerprint density at radius 1 is 0.951 bits per heavy atom. The molecule has 1 atom stereocenters. The maximum absolute atomic E-state index is 14.1. The average molecular weight is 596 g/mol. The molecule has 4 rings (SSSR count). The summed E-state index contributed by atoms with van der Waals surface area (Å²) in [5.74, 6) is -0.772. The van der Waals surface area contributed by atoms with Gasteiger partial charge in [-0.1, -0.05) is 78.0 Å². The third kappa shape index (κ3) is 7.29. The van der Waals surface area contributed by atoms with Gasteiger partial charge in [0, 0.05) is 17.6 Å². The van der Waals surface area contributed by atoms with Crippen molar-refractivity contribution in [2.45, 2.75) is 76.9 Å². The Balaban J connectivity index is 1.72. The molecule has 1 fully saturated rings. The Bertz CT molecular complexity index is 1500. The number of amides is 2. The lowest BCUT2D eigenvalue weighted by Crippen LogP contribution is -2.52. The SMILES string of the molecule is Cc1ccc(S(=O)(=O)N(CC(=O)N(Cc2ccccc2Cl)C(C)C(=O)NC2CCCC2)c2ccc(C)cc2C)cc1. The number of hydrogen-bond acceptors (Lipinski definition) is 4. The normalized spacial score (nSPS) is 14.5. The predicted molar refractivity (Wildman–Crippen MR) is 163 cm³/mol. The van der Waals surface area contributed by atoms with E-state index in [4.69, 9.17) is 11.6 Å². The Morgan fingerprint density at radius 3 is 2.22 bits per heavy atom. The Labute approximate surface area is 248 Å². The molecule has 9 heteroatoms. The first kappa shape index (κ1) is 30.6. The zero-order valence-electron chi connectivity index (χ0n) is 24.1. The number of sulfonamides is 1. The molecule has 0 aliphatic heterocycles. The summed E-state index contributed by atoms with van der Waals surface area (Å²) in [6.07, 6.45) is 3.94. The number of anilines is 1. The molecule has 3 aromatic rings. The van der Waals surface area contributed by atoms with Crippen molar-refractivity contribution >= 4 is 39.1 Å². The van der Waals surface area contributed by atoms with Crippen molar-refractivity contribution in [1.82, 2.24) is 10.2 Å². The van der Waals surface area contributed by atoms with Crippen LogP contribution in [-0.2, 0) is 26.2 Å². The minimum absolute atomic E-state index is 0.0586. The number of hydrogen-bond donors (Lipinski definition) is 1. The lowest BCUT2D eigenvalue weighted by atomic mass is 10.1. The van der Waals surface area contributed by atoms with Gasteiger partial charge in [0.05, 0.1) is 10.6 Å². The third-order valence-corrected chi connectivity index (χ3v) is 9.82. The fraction of sp³-hybridized carbons (Fsp3) is 0.375. The number of nitrogens with zero attached hydrogens (tertiary/aromatic N) is 2. The van der Waals surface area contributed by atoms with Crippen LogP contribution in [0.1, 0.15) is 54.9 Å². The van der Waals surface area contributed by atoms with Crippen molar-refractivity contribution in [3.63, 3.8) is 0 Å². The van der Waals surface area contributed by atoms with Crippen LogP contribution >= 0.6 is 11.6 Å². The minimum Gasteiger partial charge on any atom is -0.352 e. The van der Waals surface area contributed by atoms with Crippen LogP contribution in [0.5, 0.6) is 0 Å². The van der Waals surface area contributed by atoms with E-state index in [2.05, 4.69) is 5.32 Å². The second kappa shape index (κ2) is 13.1. The molecule has 0 heterocycles. The first-order valence-corrected chi connectivity index (χ1v) is 15.8. The molecule has 0 radical (unpaired) electrons. The van der Waals surface area contributed by atoms with Gasteiger partial charge in [0.25, 0.3) is 10.0 Å². The highest BCUT2D eigenvalue weighted by Crippen LogP contribution is 2.29. The standard InChI is InChI=1S/C32H38ClN3O4S/c1-22-13-16-28(17-14-22)41(39,40)36(30-18-15-23(2)19-24(30)3)21-31(37)35(20-26-9-5-8-12-29(26)33)25(4)32(38)34-27-10-6-7-11-27/h5,8-9,12-19,25,27H,6-7,10-11,20-21H2,1-4H3,(H,34,38). The summed E-state index contributed by atoms with van der Waals surface area (Å²) in [5, 5.41) is 3.54. The average Bonchev–Trinajstić information content (AvgIpc) is 3.44. The molecule has 1 aliphatic carbocycles. The summed E-state index contributed by atoms with van der Waals surface area (Å²) in [6.45, 7) is 6.89. The van der Waals surface area contributed by atoms with E-state index in [1.54, 1.807) is 55.5 Å². The van der Waals surface area contributed by atoms with Crippen LogP contribution in [0.15, 0.2) is 71.6 Å². The van der Waals surface area contributed by atoms with Crippen LogP contribution in [0, 0.1) is 20.8 Å². The van der Waals surface area contributed by atoms with Crippen molar-refractivity contribution in [3.8, 4) is 0 Å². The van der Waals surface area contributed by atoms with E-state index in [1.165, 1.54) is 4.90 Å². The van der Waals surface area contributed by atoms with E-state index >= 15 is 0 Å². The van der Waals surface area contributed by atoms with Crippen molar-refractivity contribution in [1.29, 1.82) is 0 Å². The zero-order chi connectivity index (χ0) is 29.7. The minimum atomic E-state index is -4.12. The Morgan fingerprint density at radius 2 is 1.59 bits per heavy atom. The van der Waals surface area contributed by atoms with Gasteiger partial charge in [-0.3, -0.25) is 13.9 Å². The van der Waals surface area contributed by atoms with E-state index in [-0.39, 0.29) is 23.4 Å². The third-order valence-electron chi connectivity index (χ3n) is 7.68. The number of halogens is 1. The molecule has 41 heavy (non-hydrogen) atoms. The number of aryl methyl sites for hydroxylation is 3. The topological polar surface area (TPSA) is 86.8 Å². The van der Waals surface area contributed by atoms with E-state index in [0.29, 0.717) is 16.3 Å². The second-order valence-corrected chi connectivity index (χ2v) is 13.2. The fourth-order valence-electron chi connectivity index (χ4n) is 5.22.